The summed E-state index contributed by atoms with van der Waals surface area (Å²) >= 11 is 1.79. The third-order valence-electron chi connectivity index (χ3n) is 4.16. The van der Waals surface area contributed by atoms with Gasteiger partial charge in [0.25, 0.3) is 0 Å². The lowest BCUT2D eigenvalue weighted by molar-refractivity contribution is -0.124. The monoisotopic (exact) mass is 353 g/mol. The highest BCUT2D eigenvalue weighted by molar-refractivity contribution is 7.17. The minimum Gasteiger partial charge on any atom is -0.412 e. The van der Waals surface area contributed by atoms with Gasteiger partial charge in [0.05, 0.1) is 12.7 Å². The maximum atomic E-state index is 5.77. The second kappa shape index (κ2) is 10.1. The van der Waals surface area contributed by atoms with Gasteiger partial charge in [-0.25, -0.2) is 0 Å². The van der Waals surface area contributed by atoms with Crippen LogP contribution in [-0.2, 0) is 20.6 Å². The van der Waals surface area contributed by atoms with Gasteiger partial charge in [-0.2, -0.15) is 0 Å². The van der Waals surface area contributed by atoms with Crippen LogP contribution in [0.2, 0.25) is 0 Å². The van der Waals surface area contributed by atoms with Crippen LogP contribution in [0.1, 0.15) is 12.0 Å². The summed E-state index contributed by atoms with van der Waals surface area (Å²) in [6.45, 7) is 5.16. The summed E-state index contributed by atoms with van der Waals surface area (Å²) < 4.78 is 17.5. The molecule has 2 heterocycles. The highest BCUT2D eigenvalue weighted by atomic mass is 32.1. The van der Waals surface area contributed by atoms with E-state index >= 15 is 0 Å². The Morgan fingerprint density at radius 3 is 2.92 bits per heavy atom. The van der Waals surface area contributed by atoms with Crippen molar-refractivity contribution in [3.05, 3.63) is 35.2 Å². The summed E-state index contributed by atoms with van der Waals surface area (Å²) in [5, 5.41) is 3.49. The molecule has 1 aromatic carbocycles. The Kier molecular flexibility index (Phi) is 8.11. The first-order valence-corrected chi connectivity index (χ1v) is 9.10. The fourth-order valence-electron chi connectivity index (χ4n) is 2.83. The minimum absolute atomic E-state index is 0. The van der Waals surface area contributed by atoms with Gasteiger partial charge in [-0.1, -0.05) is 12.1 Å². The second-order valence-corrected chi connectivity index (χ2v) is 6.91. The average molecular weight is 353 g/mol. The maximum absolute atomic E-state index is 5.77. The Balaban J connectivity index is 0.00000208. The Morgan fingerprint density at radius 2 is 2.08 bits per heavy atom. The number of nitrogens with zero attached hydrogens (tertiary/aromatic N) is 1. The molecule has 0 atom stereocenters. The molecular formula is C18H27NO4S. The van der Waals surface area contributed by atoms with E-state index in [2.05, 4.69) is 34.5 Å². The van der Waals surface area contributed by atoms with E-state index in [1.807, 2.05) is 0 Å². The highest BCUT2D eigenvalue weighted by Crippen LogP contribution is 2.21. The third kappa shape index (κ3) is 5.51. The first kappa shape index (κ1) is 19.3. The smallest absolute Gasteiger partial charge is 0.146 e. The summed E-state index contributed by atoms with van der Waals surface area (Å²) in [6, 6.07) is 8.88. The molecule has 1 aromatic heterocycles. The van der Waals surface area contributed by atoms with Gasteiger partial charge in [0, 0.05) is 38.1 Å². The van der Waals surface area contributed by atoms with E-state index in [0.29, 0.717) is 12.9 Å². The number of thiophene rings is 1. The molecule has 2 N–H and O–H groups in total. The molecule has 0 unspecified atom stereocenters. The molecule has 1 saturated heterocycles. The number of hydrogen-bond donors (Lipinski definition) is 0. The van der Waals surface area contributed by atoms with Crippen molar-refractivity contribution < 1.29 is 19.7 Å². The van der Waals surface area contributed by atoms with E-state index in [4.69, 9.17) is 14.2 Å². The van der Waals surface area contributed by atoms with Crippen molar-refractivity contribution in [3.8, 4) is 0 Å². The van der Waals surface area contributed by atoms with Crippen LogP contribution in [0.15, 0.2) is 29.6 Å². The first-order chi connectivity index (χ1) is 11.3. The molecule has 1 fully saturated rings. The van der Waals surface area contributed by atoms with Crippen LogP contribution in [0.3, 0.4) is 0 Å². The van der Waals surface area contributed by atoms with Gasteiger partial charge in [-0.05, 0) is 41.3 Å². The van der Waals surface area contributed by atoms with Crippen LogP contribution in [-0.4, -0.2) is 63.2 Å². The molecule has 24 heavy (non-hydrogen) atoms. The van der Waals surface area contributed by atoms with Crippen LogP contribution in [0, 0.1) is 0 Å². The summed E-state index contributed by atoms with van der Waals surface area (Å²) in [7, 11) is 1.66. The van der Waals surface area contributed by atoms with Crippen LogP contribution < -0.4 is 0 Å². The van der Waals surface area contributed by atoms with E-state index in [-0.39, 0.29) is 5.48 Å². The van der Waals surface area contributed by atoms with E-state index in [9.17, 15) is 0 Å². The summed E-state index contributed by atoms with van der Waals surface area (Å²) in [5.74, 6) is 0. The molecule has 0 amide bonds. The zero-order chi connectivity index (χ0) is 15.9. The van der Waals surface area contributed by atoms with Crippen molar-refractivity contribution in [1.82, 2.24) is 4.90 Å². The predicted molar refractivity (Wildman–Crippen MR) is 97.8 cm³/mol. The van der Waals surface area contributed by atoms with Crippen molar-refractivity contribution in [3.63, 3.8) is 0 Å². The van der Waals surface area contributed by atoms with Crippen LogP contribution >= 0.6 is 11.3 Å². The Labute approximate surface area is 147 Å². The fraction of sp³-hybridized carbons (Fsp3) is 0.556. The largest absolute Gasteiger partial charge is 0.412 e. The third-order valence-corrected chi connectivity index (χ3v) is 5.06. The summed E-state index contributed by atoms with van der Waals surface area (Å²) in [6.07, 6.45) is 2.42. The number of fused-ring (bicyclic) bond motifs is 1. The van der Waals surface area contributed by atoms with Crippen molar-refractivity contribution in [2.45, 2.75) is 18.9 Å². The molecule has 3 rings (SSSR count). The predicted octanol–water partition coefficient (Wildman–Crippen LogP) is 2.33. The molecule has 134 valence electrons. The molecule has 0 spiro atoms. The topological polar surface area (TPSA) is 62.4 Å². The molecular weight excluding hydrogens is 326 g/mol. The lowest BCUT2D eigenvalue weighted by atomic mass is 10.1. The van der Waals surface area contributed by atoms with Gasteiger partial charge in [0.15, 0.2) is 0 Å². The minimum atomic E-state index is 0. The van der Waals surface area contributed by atoms with Crippen molar-refractivity contribution >= 4 is 21.4 Å². The molecule has 1 aliphatic rings. The second-order valence-electron chi connectivity index (χ2n) is 5.96. The Bertz CT molecular complexity index is 597. The van der Waals surface area contributed by atoms with Crippen LogP contribution in [0.25, 0.3) is 10.1 Å². The van der Waals surface area contributed by atoms with Gasteiger partial charge < -0.3 is 19.7 Å². The maximum Gasteiger partial charge on any atom is 0.146 e. The summed E-state index contributed by atoms with van der Waals surface area (Å²) in [4.78, 5) is 2.40. The highest BCUT2D eigenvalue weighted by Gasteiger charge is 2.26. The SMILES string of the molecule is COCOC1CN(CCCOCCc2ccc3sccc3c2)C1.O. The molecule has 1 aliphatic heterocycles. The first-order valence-electron chi connectivity index (χ1n) is 8.22. The van der Waals surface area contributed by atoms with E-state index in [0.717, 1.165) is 45.7 Å². The lowest BCUT2D eigenvalue weighted by Crippen LogP contribution is -2.52. The Morgan fingerprint density at radius 1 is 1.21 bits per heavy atom. The number of benzene rings is 1. The number of hydrogen-bond acceptors (Lipinski definition) is 5. The average Bonchev–Trinajstić information content (AvgIpc) is 2.99. The number of rotatable bonds is 10. The van der Waals surface area contributed by atoms with Crippen molar-refractivity contribution in [1.29, 1.82) is 0 Å². The summed E-state index contributed by atoms with van der Waals surface area (Å²) in [5.41, 5.74) is 1.36. The quantitative estimate of drug-likeness (QED) is 0.486. The zero-order valence-electron chi connectivity index (χ0n) is 14.2. The number of methoxy groups -OCH3 is 1. The van der Waals surface area contributed by atoms with E-state index in [1.165, 1.54) is 15.6 Å². The molecule has 5 nitrogen and oxygen atoms in total. The van der Waals surface area contributed by atoms with Gasteiger partial charge in [-0.3, -0.25) is 4.90 Å². The van der Waals surface area contributed by atoms with Crippen LogP contribution in [0.4, 0.5) is 0 Å². The van der Waals surface area contributed by atoms with Gasteiger partial charge >= 0.3 is 0 Å². The van der Waals surface area contributed by atoms with Gasteiger partial charge in [0.1, 0.15) is 6.79 Å². The van der Waals surface area contributed by atoms with Gasteiger partial charge in [0.2, 0.25) is 0 Å². The molecule has 0 radical (unpaired) electrons. The lowest BCUT2D eigenvalue weighted by Gasteiger charge is -2.38. The fourth-order valence-corrected chi connectivity index (χ4v) is 3.60. The van der Waals surface area contributed by atoms with E-state index < -0.39 is 0 Å². The molecule has 2 aromatic rings. The zero-order valence-corrected chi connectivity index (χ0v) is 15.0. The normalized spacial score (nSPS) is 15.4. The van der Waals surface area contributed by atoms with Crippen molar-refractivity contribution in [2.75, 3.05) is 46.8 Å². The standard InChI is InChI=1S/C18H25NO3S.H2O/c1-20-14-22-17-12-19(13-17)7-2-8-21-9-5-15-3-4-18-16(11-15)6-10-23-18;/h3-4,6,10-11,17H,2,5,7-9,12-14H2,1H3;1H2. The number of ether oxygens (including phenoxy) is 3. The Hall–Kier alpha value is -1.02. The number of likely N-dealkylation sites (tertiary alicyclic amines) is 1. The van der Waals surface area contributed by atoms with Crippen LogP contribution in [0.5, 0.6) is 0 Å². The van der Waals surface area contributed by atoms with Crippen molar-refractivity contribution in [2.24, 2.45) is 0 Å². The molecule has 0 bridgehead atoms. The molecule has 6 heteroatoms. The molecule has 0 aliphatic carbocycles. The van der Waals surface area contributed by atoms with E-state index in [1.54, 1.807) is 18.4 Å². The molecule has 0 saturated carbocycles. The van der Waals surface area contributed by atoms with Gasteiger partial charge in [-0.15, -0.1) is 11.3 Å².